The normalized spacial score (nSPS) is 22.3. The summed E-state index contributed by atoms with van der Waals surface area (Å²) in [4.78, 5) is 0. The van der Waals surface area contributed by atoms with Crippen LogP contribution < -0.4 is 10.1 Å². The molecule has 0 amide bonds. The third-order valence-electron chi connectivity index (χ3n) is 3.56. The summed E-state index contributed by atoms with van der Waals surface area (Å²) in [5, 5.41) is 4.29. The number of hydrogen-bond donors (Lipinski definition) is 1. The summed E-state index contributed by atoms with van der Waals surface area (Å²) in [5.41, 5.74) is 1.24. The lowest BCUT2D eigenvalue weighted by Gasteiger charge is -2.11. The Labute approximate surface area is 107 Å². The number of fused-ring (bicyclic) bond motifs is 1. The quantitative estimate of drug-likeness (QED) is 0.813. The van der Waals surface area contributed by atoms with Gasteiger partial charge in [-0.2, -0.15) is 0 Å². The summed E-state index contributed by atoms with van der Waals surface area (Å²) in [5.74, 6) is 2.01. The van der Waals surface area contributed by atoms with Gasteiger partial charge in [-0.05, 0) is 42.6 Å². The molecule has 3 heteroatoms. The zero-order valence-electron chi connectivity index (χ0n) is 9.92. The fourth-order valence-corrected chi connectivity index (χ4v) is 2.57. The van der Waals surface area contributed by atoms with Crippen molar-refractivity contribution in [2.75, 3.05) is 13.1 Å². The topological polar surface area (TPSA) is 21.3 Å². The Hall–Kier alpha value is -0.730. The third-order valence-corrected chi connectivity index (χ3v) is 3.80. The number of halogens is 1. The van der Waals surface area contributed by atoms with Gasteiger partial charge < -0.3 is 10.1 Å². The molecule has 1 aliphatic heterocycles. The van der Waals surface area contributed by atoms with Gasteiger partial charge in [0.15, 0.2) is 0 Å². The minimum absolute atomic E-state index is 0.280. The lowest BCUT2D eigenvalue weighted by molar-refractivity contribution is 0.227. The van der Waals surface area contributed by atoms with Gasteiger partial charge >= 0.3 is 0 Å². The zero-order chi connectivity index (χ0) is 11.7. The first-order chi connectivity index (χ1) is 8.31. The van der Waals surface area contributed by atoms with Crippen LogP contribution in [0, 0.1) is 5.92 Å². The Bertz CT molecular complexity index is 403. The molecular weight excluding hydrogens is 234 g/mol. The van der Waals surface area contributed by atoms with Crippen molar-refractivity contribution in [3.8, 4) is 5.75 Å². The van der Waals surface area contributed by atoms with Crippen molar-refractivity contribution in [3.63, 3.8) is 0 Å². The van der Waals surface area contributed by atoms with Crippen LogP contribution in [0.5, 0.6) is 5.75 Å². The van der Waals surface area contributed by atoms with E-state index < -0.39 is 0 Å². The molecule has 0 saturated heterocycles. The number of benzene rings is 1. The van der Waals surface area contributed by atoms with Gasteiger partial charge in [-0.15, -0.1) is 0 Å². The van der Waals surface area contributed by atoms with Crippen molar-refractivity contribution in [2.24, 2.45) is 5.92 Å². The molecule has 0 bridgehead atoms. The van der Waals surface area contributed by atoms with Crippen molar-refractivity contribution in [1.29, 1.82) is 0 Å². The van der Waals surface area contributed by atoms with Crippen LogP contribution in [0.15, 0.2) is 18.2 Å². The van der Waals surface area contributed by atoms with Gasteiger partial charge in [-0.3, -0.25) is 0 Å². The molecule has 1 aromatic rings. The Balaban J connectivity index is 1.44. The van der Waals surface area contributed by atoms with Crippen molar-refractivity contribution in [2.45, 2.75) is 31.8 Å². The number of hydrogen-bond acceptors (Lipinski definition) is 2. The molecule has 1 unspecified atom stereocenters. The predicted octanol–water partition coefficient (Wildman–Crippen LogP) is 3.03. The van der Waals surface area contributed by atoms with Crippen LogP contribution in [0.4, 0.5) is 0 Å². The van der Waals surface area contributed by atoms with E-state index in [1.54, 1.807) is 0 Å². The van der Waals surface area contributed by atoms with E-state index in [2.05, 4.69) is 5.32 Å². The maximum absolute atomic E-state index is 5.97. The van der Waals surface area contributed by atoms with E-state index in [0.29, 0.717) is 0 Å². The molecule has 2 aliphatic rings. The van der Waals surface area contributed by atoms with Gasteiger partial charge in [-0.25, -0.2) is 0 Å². The van der Waals surface area contributed by atoms with Crippen LogP contribution in [0.3, 0.4) is 0 Å². The van der Waals surface area contributed by atoms with E-state index in [-0.39, 0.29) is 6.10 Å². The first kappa shape index (κ1) is 11.4. The summed E-state index contributed by atoms with van der Waals surface area (Å²) in [6, 6.07) is 5.88. The van der Waals surface area contributed by atoms with Crippen molar-refractivity contribution in [3.05, 3.63) is 28.8 Å². The molecule has 17 heavy (non-hydrogen) atoms. The third kappa shape index (κ3) is 2.93. The SMILES string of the molecule is Clc1ccc2c(c1)CC(CNCCC1CC1)O2. The zero-order valence-corrected chi connectivity index (χ0v) is 10.7. The summed E-state index contributed by atoms with van der Waals surface area (Å²) < 4.78 is 5.86. The summed E-state index contributed by atoms with van der Waals surface area (Å²) in [7, 11) is 0. The lowest BCUT2D eigenvalue weighted by Crippen LogP contribution is -2.30. The molecule has 1 heterocycles. The molecule has 1 aromatic carbocycles. The molecule has 2 nitrogen and oxygen atoms in total. The summed E-state index contributed by atoms with van der Waals surface area (Å²) >= 11 is 5.97. The second kappa shape index (κ2) is 4.87. The molecule has 92 valence electrons. The first-order valence-corrected chi connectivity index (χ1v) is 6.85. The van der Waals surface area contributed by atoms with E-state index in [1.165, 1.54) is 24.8 Å². The Morgan fingerprint density at radius 1 is 1.35 bits per heavy atom. The fourth-order valence-electron chi connectivity index (χ4n) is 2.38. The Kier molecular flexibility index (Phi) is 3.26. The molecule has 1 saturated carbocycles. The second-order valence-electron chi connectivity index (χ2n) is 5.13. The van der Waals surface area contributed by atoms with Gasteiger partial charge in [0.25, 0.3) is 0 Å². The van der Waals surface area contributed by atoms with Gasteiger partial charge in [0.05, 0.1) is 0 Å². The fraction of sp³-hybridized carbons (Fsp3) is 0.571. The molecule has 0 aromatic heterocycles. The minimum atomic E-state index is 0.280. The molecule has 3 rings (SSSR count). The first-order valence-electron chi connectivity index (χ1n) is 6.47. The minimum Gasteiger partial charge on any atom is -0.488 e. The number of nitrogens with one attached hydrogen (secondary N) is 1. The van der Waals surface area contributed by atoms with Crippen molar-refractivity contribution >= 4 is 11.6 Å². The molecule has 1 fully saturated rings. The molecular formula is C14H18ClNO. The van der Waals surface area contributed by atoms with Crippen LogP contribution in [0.2, 0.25) is 5.02 Å². The Morgan fingerprint density at radius 3 is 3.06 bits per heavy atom. The van der Waals surface area contributed by atoms with Crippen LogP contribution in [-0.2, 0) is 6.42 Å². The smallest absolute Gasteiger partial charge is 0.123 e. The van der Waals surface area contributed by atoms with Crippen LogP contribution in [0.25, 0.3) is 0 Å². The van der Waals surface area contributed by atoms with Gasteiger partial charge in [0.2, 0.25) is 0 Å². The average Bonchev–Trinajstić information content (AvgIpc) is 3.04. The molecule has 1 N–H and O–H groups in total. The van der Waals surface area contributed by atoms with Crippen molar-refractivity contribution in [1.82, 2.24) is 5.32 Å². The van der Waals surface area contributed by atoms with E-state index >= 15 is 0 Å². The number of rotatable bonds is 5. The molecule has 1 atom stereocenters. The summed E-state index contributed by atoms with van der Waals surface area (Å²) in [6.07, 6.45) is 5.46. The van der Waals surface area contributed by atoms with Crippen molar-refractivity contribution < 1.29 is 4.74 Å². The maximum Gasteiger partial charge on any atom is 0.123 e. The predicted molar refractivity (Wildman–Crippen MR) is 69.8 cm³/mol. The monoisotopic (exact) mass is 251 g/mol. The second-order valence-corrected chi connectivity index (χ2v) is 5.57. The van der Waals surface area contributed by atoms with Gasteiger partial charge in [-0.1, -0.05) is 24.4 Å². The van der Waals surface area contributed by atoms with E-state index in [1.807, 2.05) is 18.2 Å². The molecule has 0 spiro atoms. The highest BCUT2D eigenvalue weighted by molar-refractivity contribution is 6.30. The average molecular weight is 252 g/mol. The highest BCUT2D eigenvalue weighted by Crippen LogP contribution is 2.32. The maximum atomic E-state index is 5.97. The lowest BCUT2D eigenvalue weighted by atomic mass is 10.1. The highest BCUT2D eigenvalue weighted by atomic mass is 35.5. The standard InChI is InChI=1S/C14H18ClNO/c15-12-3-4-14-11(7-12)8-13(17-14)9-16-6-5-10-1-2-10/h3-4,7,10,13,16H,1-2,5-6,8-9H2. The van der Waals surface area contributed by atoms with E-state index in [4.69, 9.17) is 16.3 Å². The van der Waals surface area contributed by atoms with Gasteiger partial charge in [0, 0.05) is 18.0 Å². The van der Waals surface area contributed by atoms with E-state index in [0.717, 1.165) is 36.2 Å². The largest absolute Gasteiger partial charge is 0.488 e. The van der Waals surface area contributed by atoms with Crippen LogP contribution in [-0.4, -0.2) is 19.2 Å². The summed E-state index contributed by atoms with van der Waals surface area (Å²) in [6.45, 7) is 2.07. The Morgan fingerprint density at radius 2 is 2.24 bits per heavy atom. The molecule has 1 aliphatic carbocycles. The van der Waals surface area contributed by atoms with Crippen LogP contribution >= 0.6 is 11.6 Å². The molecule has 0 radical (unpaired) electrons. The number of ether oxygens (including phenoxy) is 1. The van der Waals surface area contributed by atoms with Crippen LogP contribution in [0.1, 0.15) is 24.8 Å². The van der Waals surface area contributed by atoms with Gasteiger partial charge in [0.1, 0.15) is 11.9 Å². The highest BCUT2D eigenvalue weighted by Gasteiger charge is 2.23. The van der Waals surface area contributed by atoms with E-state index in [9.17, 15) is 0 Å².